The summed E-state index contributed by atoms with van der Waals surface area (Å²) in [5, 5.41) is 3.46. The molecule has 4 nitrogen and oxygen atoms in total. The van der Waals surface area contributed by atoms with E-state index in [1.165, 1.54) is 5.69 Å². The highest BCUT2D eigenvalue weighted by molar-refractivity contribution is 5.85. The summed E-state index contributed by atoms with van der Waals surface area (Å²) in [6.07, 6.45) is 1.95. The predicted octanol–water partition coefficient (Wildman–Crippen LogP) is 2.29. The first-order valence-electron chi connectivity index (χ1n) is 6.86. The molecule has 2 aromatic rings. The lowest BCUT2D eigenvalue weighted by Gasteiger charge is -2.31. The van der Waals surface area contributed by atoms with Crippen molar-refractivity contribution in [3.05, 3.63) is 42.2 Å². The number of nitrogens with one attached hydrogen (secondary N) is 2. The smallest absolute Gasteiger partial charge is 0.137 e. The molecule has 0 radical (unpaired) electrons. The van der Waals surface area contributed by atoms with Crippen molar-refractivity contribution < 1.29 is 0 Å². The summed E-state index contributed by atoms with van der Waals surface area (Å²) < 4.78 is 0. The monoisotopic (exact) mass is 292 g/mol. The Bertz CT molecular complexity index is 526. The lowest BCUT2D eigenvalue weighted by atomic mass is 10.2. The van der Waals surface area contributed by atoms with Crippen LogP contribution < -0.4 is 5.32 Å². The molecule has 0 saturated carbocycles. The number of halogens is 1. The van der Waals surface area contributed by atoms with Crippen LogP contribution in [0.4, 0.5) is 0 Å². The number of hydrogen-bond donors (Lipinski definition) is 2. The lowest BCUT2D eigenvalue weighted by molar-refractivity contribution is 0.198. The Labute approximate surface area is 126 Å². The largest absolute Gasteiger partial charge is 0.341 e. The second-order valence-electron chi connectivity index (χ2n) is 5.21. The maximum atomic E-state index is 4.47. The van der Waals surface area contributed by atoms with E-state index in [-0.39, 0.29) is 12.4 Å². The van der Waals surface area contributed by atoms with Crippen molar-refractivity contribution in [1.29, 1.82) is 0 Å². The zero-order valence-corrected chi connectivity index (χ0v) is 12.5. The van der Waals surface area contributed by atoms with E-state index in [2.05, 4.69) is 39.2 Å². The third kappa shape index (κ3) is 3.60. The molecule has 108 valence electrons. The van der Waals surface area contributed by atoms with Gasteiger partial charge in [0.2, 0.25) is 0 Å². The number of aromatic nitrogens is 2. The fourth-order valence-electron chi connectivity index (χ4n) is 2.58. The molecule has 0 amide bonds. The number of hydrogen-bond acceptors (Lipinski definition) is 3. The lowest BCUT2D eigenvalue weighted by Crippen LogP contribution is -2.48. The van der Waals surface area contributed by atoms with Crippen LogP contribution >= 0.6 is 12.4 Å². The van der Waals surface area contributed by atoms with Crippen LogP contribution in [0, 0.1) is 0 Å². The van der Waals surface area contributed by atoms with Gasteiger partial charge in [-0.05, 0) is 6.92 Å². The molecule has 1 aliphatic rings. The van der Waals surface area contributed by atoms with Crippen LogP contribution in [-0.4, -0.2) is 40.5 Å². The summed E-state index contributed by atoms with van der Waals surface area (Å²) in [6.45, 7) is 6.45. The van der Waals surface area contributed by atoms with Crippen LogP contribution in [0.25, 0.3) is 11.4 Å². The summed E-state index contributed by atoms with van der Waals surface area (Å²) >= 11 is 0. The minimum absolute atomic E-state index is 0. The SMILES string of the molecule is CC1CN(Cc2cnc(-c3ccccc3)[nH]2)CCN1.Cl. The number of benzene rings is 1. The average Bonchev–Trinajstić information content (AvgIpc) is 2.88. The van der Waals surface area contributed by atoms with Crippen LogP contribution in [-0.2, 0) is 6.54 Å². The highest BCUT2D eigenvalue weighted by atomic mass is 35.5. The first-order valence-corrected chi connectivity index (χ1v) is 6.86. The molecule has 1 fully saturated rings. The number of piperazine rings is 1. The molecule has 2 heterocycles. The summed E-state index contributed by atoms with van der Waals surface area (Å²) in [6, 6.07) is 10.8. The topological polar surface area (TPSA) is 44.0 Å². The molecule has 1 aromatic carbocycles. The Balaban J connectivity index is 0.00000147. The fourth-order valence-corrected chi connectivity index (χ4v) is 2.58. The third-order valence-electron chi connectivity index (χ3n) is 3.52. The van der Waals surface area contributed by atoms with Gasteiger partial charge in [-0.25, -0.2) is 4.98 Å². The fraction of sp³-hybridized carbons (Fsp3) is 0.400. The Morgan fingerprint density at radius 1 is 1.30 bits per heavy atom. The van der Waals surface area contributed by atoms with E-state index < -0.39 is 0 Å². The predicted molar refractivity (Wildman–Crippen MR) is 84.0 cm³/mol. The van der Waals surface area contributed by atoms with Gasteiger partial charge in [0.05, 0.1) is 0 Å². The van der Waals surface area contributed by atoms with Crippen molar-refractivity contribution in [3.8, 4) is 11.4 Å². The van der Waals surface area contributed by atoms with Gasteiger partial charge < -0.3 is 10.3 Å². The minimum Gasteiger partial charge on any atom is -0.341 e. The van der Waals surface area contributed by atoms with E-state index in [0.717, 1.165) is 37.6 Å². The number of aromatic amines is 1. The van der Waals surface area contributed by atoms with Crippen molar-refractivity contribution in [2.45, 2.75) is 19.5 Å². The van der Waals surface area contributed by atoms with Gasteiger partial charge in [0, 0.05) is 49.7 Å². The normalized spacial score (nSPS) is 19.6. The molecule has 1 aliphatic heterocycles. The Kier molecular flexibility index (Phi) is 5.17. The van der Waals surface area contributed by atoms with Gasteiger partial charge in [0.15, 0.2) is 0 Å². The number of nitrogens with zero attached hydrogens (tertiary/aromatic N) is 2. The van der Waals surface area contributed by atoms with Crippen molar-refractivity contribution in [2.24, 2.45) is 0 Å². The summed E-state index contributed by atoms with van der Waals surface area (Å²) in [5.74, 6) is 0.957. The number of H-pyrrole nitrogens is 1. The summed E-state index contributed by atoms with van der Waals surface area (Å²) in [5.41, 5.74) is 2.33. The highest BCUT2D eigenvalue weighted by Gasteiger charge is 2.16. The number of rotatable bonds is 3. The molecule has 1 unspecified atom stereocenters. The molecule has 1 aromatic heterocycles. The molecular formula is C15H21ClN4. The molecular weight excluding hydrogens is 272 g/mol. The van der Waals surface area contributed by atoms with Gasteiger partial charge in [-0.3, -0.25) is 4.90 Å². The average molecular weight is 293 g/mol. The van der Waals surface area contributed by atoms with Crippen LogP contribution in [0.3, 0.4) is 0 Å². The van der Waals surface area contributed by atoms with Crippen molar-refractivity contribution in [1.82, 2.24) is 20.2 Å². The van der Waals surface area contributed by atoms with E-state index >= 15 is 0 Å². The molecule has 1 atom stereocenters. The van der Waals surface area contributed by atoms with Crippen molar-refractivity contribution in [2.75, 3.05) is 19.6 Å². The van der Waals surface area contributed by atoms with Crippen molar-refractivity contribution in [3.63, 3.8) is 0 Å². The standard InChI is InChI=1S/C15H20N4.ClH/c1-12-10-19(8-7-16-12)11-14-9-17-15(18-14)13-5-3-2-4-6-13;/h2-6,9,12,16H,7-8,10-11H2,1H3,(H,17,18);1H. The molecule has 0 bridgehead atoms. The van der Waals surface area contributed by atoms with Crippen LogP contribution in [0.5, 0.6) is 0 Å². The van der Waals surface area contributed by atoms with Gasteiger partial charge in [-0.2, -0.15) is 0 Å². The van der Waals surface area contributed by atoms with Crippen LogP contribution in [0.2, 0.25) is 0 Å². The van der Waals surface area contributed by atoms with E-state index in [1.54, 1.807) is 0 Å². The van der Waals surface area contributed by atoms with Gasteiger partial charge in [-0.15, -0.1) is 12.4 Å². The maximum Gasteiger partial charge on any atom is 0.137 e. The molecule has 3 rings (SSSR count). The Hall–Kier alpha value is -1.36. The Morgan fingerprint density at radius 2 is 2.10 bits per heavy atom. The minimum atomic E-state index is 0. The number of imidazole rings is 1. The van der Waals surface area contributed by atoms with E-state index in [0.29, 0.717) is 6.04 Å². The second-order valence-corrected chi connectivity index (χ2v) is 5.21. The molecule has 2 N–H and O–H groups in total. The van der Waals surface area contributed by atoms with Crippen molar-refractivity contribution >= 4 is 12.4 Å². The zero-order chi connectivity index (χ0) is 13.1. The molecule has 20 heavy (non-hydrogen) atoms. The quantitative estimate of drug-likeness (QED) is 0.912. The van der Waals surface area contributed by atoms with Crippen LogP contribution in [0.15, 0.2) is 36.5 Å². The van der Waals surface area contributed by atoms with E-state index in [1.807, 2.05) is 24.4 Å². The zero-order valence-electron chi connectivity index (χ0n) is 11.7. The third-order valence-corrected chi connectivity index (χ3v) is 3.52. The van der Waals surface area contributed by atoms with Crippen LogP contribution in [0.1, 0.15) is 12.6 Å². The first kappa shape index (κ1) is 15.0. The highest BCUT2D eigenvalue weighted by Crippen LogP contribution is 2.15. The first-order chi connectivity index (χ1) is 9.31. The van der Waals surface area contributed by atoms with E-state index in [4.69, 9.17) is 0 Å². The van der Waals surface area contributed by atoms with Gasteiger partial charge in [-0.1, -0.05) is 30.3 Å². The van der Waals surface area contributed by atoms with Gasteiger partial charge >= 0.3 is 0 Å². The Morgan fingerprint density at radius 3 is 2.85 bits per heavy atom. The van der Waals surface area contributed by atoms with Gasteiger partial charge in [0.25, 0.3) is 0 Å². The maximum absolute atomic E-state index is 4.47. The summed E-state index contributed by atoms with van der Waals surface area (Å²) in [7, 11) is 0. The summed E-state index contributed by atoms with van der Waals surface area (Å²) in [4.78, 5) is 10.4. The molecule has 1 saturated heterocycles. The van der Waals surface area contributed by atoms with E-state index in [9.17, 15) is 0 Å². The molecule has 0 aliphatic carbocycles. The van der Waals surface area contributed by atoms with Gasteiger partial charge in [0.1, 0.15) is 5.82 Å². The molecule has 0 spiro atoms. The second kappa shape index (κ2) is 6.88. The molecule has 5 heteroatoms.